The Kier molecular flexibility index (Phi) is 2.44. The molecule has 0 N–H and O–H groups in total. The number of rotatable bonds is 1. The molecule has 0 aliphatic heterocycles. The standard InChI is InChI=1S/C10H7F3OS/c11-10(12,13)5-7-6-15(14)9-4-2-1-3-8(7)9/h1-4,6H,5H2. The van der Waals surface area contributed by atoms with E-state index in [1.54, 1.807) is 24.3 Å². The highest BCUT2D eigenvalue weighted by Gasteiger charge is 2.30. The molecule has 1 atom stereocenters. The van der Waals surface area contributed by atoms with E-state index < -0.39 is 23.3 Å². The van der Waals surface area contributed by atoms with Crippen molar-refractivity contribution in [1.82, 2.24) is 0 Å². The molecule has 2 aromatic rings. The maximum Gasteiger partial charge on any atom is 0.393 e. The summed E-state index contributed by atoms with van der Waals surface area (Å²) in [5.41, 5.74) is 0.108. The van der Waals surface area contributed by atoms with Gasteiger partial charge in [-0.2, -0.15) is 13.2 Å². The molecule has 0 saturated heterocycles. The van der Waals surface area contributed by atoms with Crippen molar-refractivity contribution in [1.29, 1.82) is 0 Å². The Hall–Kier alpha value is -1.07. The van der Waals surface area contributed by atoms with Crippen LogP contribution in [0.1, 0.15) is 5.56 Å². The zero-order valence-electron chi connectivity index (χ0n) is 7.54. The van der Waals surface area contributed by atoms with Crippen molar-refractivity contribution >= 4 is 20.8 Å². The fraction of sp³-hybridized carbons (Fsp3) is 0.200. The number of benzene rings is 1. The van der Waals surface area contributed by atoms with Crippen LogP contribution >= 0.6 is 10.8 Å². The highest BCUT2D eigenvalue weighted by atomic mass is 32.2. The predicted octanol–water partition coefficient (Wildman–Crippen LogP) is 3.67. The smallest absolute Gasteiger partial charge is 0.393 e. The van der Waals surface area contributed by atoms with Crippen LogP contribution in [0.15, 0.2) is 29.6 Å². The first-order valence-electron chi connectivity index (χ1n) is 4.25. The molecule has 0 aliphatic rings. The molecule has 1 nitrogen and oxygen atoms in total. The van der Waals surface area contributed by atoms with Crippen molar-refractivity contribution in [3.05, 3.63) is 35.2 Å². The summed E-state index contributed by atoms with van der Waals surface area (Å²) < 4.78 is 48.5. The fourth-order valence-electron chi connectivity index (χ4n) is 1.52. The molecule has 0 fully saturated rings. The lowest BCUT2D eigenvalue weighted by atomic mass is 10.1. The highest BCUT2D eigenvalue weighted by Crippen LogP contribution is 2.35. The summed E-state index contributed by atoms with van der Waals surface area (Å²) in [4.78, 5) is 0. The van der Waals surface area contributed by atoms with Crippen molar-refractivity contribution in [2.24, 2.45) is 0 Å². The number of hydrogen-bond donors (Lipinski definition) is 0. The SMILES string of the molecule is [O-][s+]1cc(CC(F)(F)F)c2ccccc21. The first-order valence-corrected chi connectivity index (χ1v) is 5.46. The molecule has 0 spiro atoms. The van der Waals surface area contributed by atoms with E-state index in [1.807, 2.05) is 0 Å². The van der Waals surface area contributed by atoms with E-state index in [4.69, 9.17) is 0 Å². The molecule has 2 rings (SSSR count). The van der Waals surface area contributed by atoms with Gasteiger partial charge in [0.1, 0.15) is 5.38 Å². The maximum atomic E-state index is 12.2. The summed E-state index contributed by atoms with van der Waals surface area (Å²) >= 11 is 0. The summed E-state index contributed by atoms with van der Waals surface area (Å²) in [5.74, 6) is 0. The summed E-state index contributed by atoms with van der Waals surface area (Å²) in [5, 5.41) is 1.63. The third-order valence-electron chi connectivity index (χ3n) is 2.09. The number of halogens is 3. The van der Waals surface area contributed by atoms with E-state index in [9.17, 15) is 17.7 Å². The molecular weight excluding hydrogens is 225 g/mol. The molecule has 80 valence electrons. The average molecular weight is 232 g/mol. The zero-order chi connectivity index (χ0) is 11.1. The van der Waals surface area contributed by atoms with Gasteiger partial charge in [0.25, 0.3) is 0 Å². The highest BCUT2D eigenvalue weighted by molar-refractivity contribution is 7.30. The lowest BCUT2D eigenvalue weighted by Crippen LogP contribution is -2.10. The van der Waals surface area contributed by atoms with Gasteiger partial charge < -0.3 is 4.55 Å². The van der Waals surface area contributed by atoms with Crippen molar-refractivity contribution in [2.75, 3.05) is 0 Å². The molecule has 0 bridgehead atoms. The Bertz CT molecular complexity index is 487. The summed E-state index contributed by atoms with van der Waals surface area (Å²) in [6.07, 6.45) is -5.27. The van der Waals surface area contributed by atoms with Gasteiger partial charge in [0.15, 0.2) is 4.70 Å². The molecular formula is C10H7F3OS. The quantitative estimate of drug-likeness (QED) is 0.688. The minimum atomic E-state index is -4.26. The van der Waals surface area contributed by atoms with Crippen LogP contribution in [0.25, 0.3) is 10.1 Å². The summed E-state index contributed by atoms with van der Waals surface area (Å²) in [6, 6.07) is 6.47. The van der Waals surface area contributed by atoms with Crippen LogP contribution in [-0.4, -0.2) is 10.7 Å². The third kappa shape index (κ3) is 2.13. The zero-order valence-corrected chi connectivity index (χ0v) is 8.36. The normalized spacial score (nSPS) is 13.5. The minimum absolute atomic E-state index is 0.108. The molecule has 1 aromatic carbocycles. The van der Waals surface area contributed by atoms with Gasteiger partial charge in [-0.1, -0.05) is 12.1 Å². The number of fused-ring (bicyclic) bond motifs is 1. The van der Waals surface area contributed by atoms with Crippen LogP contribution in [0.2, 0.25) is 0 Å². The Labute approximate surface area is 87.0 Å². The Morgan fingerprint density at radius 1 is 1.20 bits per heavy atom. The molecule has 5 heteroatoms. The largest absolute Gasteiger partial charge is 0.590 e. The Morgan fingerprint density at radius 2 is 1.87 bits per heavy atom. The third-order valence-corrected chi connectivity index (χ3v) is 3.38. The average Bonchev–Trinajstić information content (AvgIpc) is 2.42. The van der Waals surface area contributed by atoms with Gasteiger partial charge in [0.05, 0.1) is 6.42 Å². The van der Waals surface area contributed by atoms with Crippen LogP contribution in [0, 0.1) is 0 Å². The molecule has 0 radical (unpaired) electrons. The molecule has 15 heavy (non-hydrogen) atoms. The lowest BCUT2D eigenvalue weighted by Gasteiger charge is -2.02. The van der Waals surface area contributed by atoms with Crippen LogP contribution < -0.4 is 0 Å². The van der Waals surface area contributed by atoms with E-state index in [2.05, 4.69) is 0 Å². The van der Waals surface area contributed by atoms with Gasteiger partial charge in [-0.25, -0.2) is 0 Å². The van der Waals surface area contributed by atoms with Crippen LogP contribution in [0.3, 0.4) is 0 Å². The molecule has 1 heterocycles. The summed E-state index contributed by atoms with van der Waals surface area (Å²) in [7, 11) is -1.42. The van der Waals surface area contributed by atoms with Crippen LogP contribution in [0.4, 0.5) is 13.2 Å². The van der Waals surface area contributed by atoms with Crippen LogP contribution in [-0.2, 0) is 6.42 Å². The first-order chi connectivity index (χ1) is 6.97. The van der Waals surface area contributed by atoms with Crippen molar-refractivity contribution in [3.63, 3.8) is 0 Å². The molecule has 1 unspecified atom stereocenters. The molecule has 1 aromatic heterocycles. The van der Waals surface area contributed by atoms with Gasteiger partial charge in [0, 0.05) is 10.9 Å². The van der Waals surface area contributed by atoms with Gasteiger partial charge in [-0.05, 0) is 22.9 Å². The second-order valence-corrected chi connectivity index (χ2v) is 4.50. The summed E-state index contributed by atoms with van der Waals surface area (Å²) in [6.45, 7) is 0. The van der Waals surface area contributed by atoms with E-state index in [-0.39, 0.29) is 5.56 Å². The van der Waals surface area contributed by atoms with Gasteiger partial charge in [-0.15, -0.1) is 0 Å². The van der Waals surface area contributed by atoms with E-state index in [1.165, 1.54) is 5.38 Å². The molecule has 0 aliphatic carbocycles. The van der Waals surface area contributed by atoms with Gasteiger partial charge in [-0.3, -0.25) is 0 Å². The Morgan fingerprint density at radius 3 is 2.53 bits per heavy atom. The number of alkyl halides is 3. The second-order valence-electron chi connectivity index (χ2n) is 3.23. The van der Waals surface area contributed by atoms with Crippen LogP contribution in [0.5, 0.6) is 0 Å². The van der Waals surface area contributed by atoms with E-state index >= 15 is 0 Å². The minimum Gasteiger partial charge on any atom is -0.590 e. The predicted molar refractivity (Wildman–Crippen MR) is 52.4 cm³/mol. The second kappa shape index (κ2) is 3.50. The van der Waals surface area contributed by atoms with Crippen molar-refractivity contribution in [2.45, 2.75) is 12.6 Å². The lowest BCUT2D eigenvalue weighted by molar-refractivity contribution is -0.126. The number of hydrogen-bond acceptors (Lipinski definition) is 1. The van der Waals surface area contributed by atoms with E-state index in [0.29, 0.717) is 10.1 Å². The number of thiophene rings is 1. The van der Waals surface area contributed by atoms with Crippen molar-refractivity contribution in [3.8, 4) is 0 Å². The van der Waals surface area contributed by atoms with E-state index in [0.717, 1.165) is 0 Å². The molecule has 0 amide bonds. The van der Waals surface area contributed by atoms with Gasteiger partial charge >= 0.3 is 6.18 Å². The van der Waals surface area contributed by atoms with Gasteiger partial charge in [0.2, 0.25) is 0 Å². The fourth-order valence-corrected chi connectivity index (χ4v) is 2.74. The first kappa shape index (κ1) is 10.4. The monoisotopic (exact) mass is 232 g/mol. The Balaban J connectivity index is 2.53. The maximum absolute atomic E-state index is 12.2. The van der Waals surface area contributed by atoms with Crippen molar-refractivity contribution < 1.29 is 17.7 Å². The topological polar surface area (TPSA) is 23.1 Å². The molecule has 0 saturated carbocycles.